The van der Waals surface area contributed by atoms with Gasteiger partial charge in [-0.2, -0.15) is 13.2 Å². The lowest BCUT2D eigenvalue weighted by molar-refractivity contribution is -0.192. The molecule has 13 rings (SSSR count). The summed E-state index contributed by atoms with van der Waals surface area (Å²) in [6.07, 6.45) is -2.34. The highest BCUT2D eigenvalue weighted by Crippen LogP contribution is 2.30. The second kappa shape index (κ2) is 32.3. The summed E-state index contributed by atoms with van der Waals surface area (Å²) in [6.45, 7) is -0.250. The summed E-state index contributed by atoms with van der Waals surface area (Å²) >= 11 is 10.4. The number of aliphatic carboxylic acids is 1. The van der Waals surface area contributed by atoms with Crippen LogP contribution < -0.4 is 22.9 Å². The number of para-hydroxylation sites is 1. The molecule has 16 nitrogen and oxygen atoms in total. The van der Waals surface area contributed by atoms with Crippen LogP contribution in [0.1, 0.15) is 45.6 Å². The molecule has 4 aromatic heterocycles. The molecule has 0 aliphatic rings. The van der Waals surface area contributed by atoms with Gasteiger partial charge in [-0.3, -0.25) is 4.79 Å². The van der Waals surface area contributed by atoms with Crippen LogP contribution in [0.15, 0.2) is 238 Å². The van der Waals surface area contributed by atoms with Crippen molar-refractivity contribution in [2.75, 3.05) is 22.9 Å². The van der Waals surface area contributed by atoms with Crippen molar-refractivity contribution in [3.8, 4) is 11.1 Å². The Bertz CT molecular complexity index is 4530. The van der Waals surface area contributed by atoms with Crippen molar-refractivity contribution in [3.63, 3.8) is 0 Å². The third-order valence-electron chi connectivity index (χ3n) is 13.2. The highest BCUT2D eigenvalue weighted by molar-refractivity contribution is 9.11. The number of nitrogens with zero attached hydrogens (tertiary/aromatic N) is 8. The summed E-state index contributed by atoms with van der Waals surface area (Å²) in [4.78, 5) is 53.3. The summed E-state index contributed by atoms with van der Waals surface area (Å²) < 4.78 is 34.6. The molecule has 10 N–H and O–H groups in total. The van der Waals surface area contributed by atoms with Gasteiger partial charge in [0.2, 0.25) is 0 Å². The first kappa shape index (κ1) is 66.7. The van der Waals surface area contributed by atoms with Crippen LogP contribution >= 0.6 is 47.8 Å². The maximum Gasteiger partial charge on any atom is 0.490 e. The topological polar surface area (TPSA) is 282 Å². The number of nitrogens with two attached hydrogens (primary N) is 4. The number of carboxylic acid groups (broad SMARTS) is 2. The second-order valence-corrected chi connectivity index (χ2v) is 22.3. The van der Waals surface area contributed by atoms with E-state index in [1.54, 1.807) is 0 Å². The number of alkyl halides is 3. The Morgan fingerprint density at radius 3 is 1.29 bits per heavy atom. The highest BCUT2D eigenvalue weighted by atomic mass is 79.9. The number of fused-ring (bicyclic) bond motifs is 4. The van der Waals surface area contributed by atoms with Crippen molar-refractivity contribution < 1.29 is 33.0 Å². The fraction of sp³-hybridized carbons (Fsp3) is 0.0725. The number of anilines is 4. The second-order valence-electron chi connectivity index (χ2n) is 19.7. The van der Waals surface area contributed by atoms with Gasteiger partial charge < -0.3 is 33.1 Å². The van der Waals surface area contributed by atoms with Crippen LogP contribution in [0, 0.1) is 0 Å². The smallest absolute Gasteiger partial charge is 0.483 e. The number of hydrogen-bond donors (Lipinski definition) is 6. The lowest BCUT2D eigenvalue weighted by Gasteiger charge is -2.08. The Hall–Kier alpha value is -10.3. The molecule has 4 heterocycles. The predicted molar refractivity (Wildman–Crippen MR) is 364 cm³/mol. The fourth-order valence-corrected chi connectivity index (χ4v) is 10.4. The summed E-state index contributed by atoms with van der Waals surface area (Å²) in [5, 5.41) is 17.6. The minimum absolute atomic E-state index is 0.250. The van der Waals surface area contributed by atoms with Gasteiger partial charge in [0, 0.05) is 55.3 Å². The van der Waals surface area contributed by atoms with Gasteiger partial charge in [0.15, 0.2) is 0 Å². The zero-order chi connectivity index (χ0) is 64.9. The molecule has 0 radical (unpaired) electrons. The molecule has 0 aliphatic carbocycles. The number of rotatable bonds is 9. The molecule has 458 valence electrons. The van der Waals surface area contributed by atoms with E-state index in [0.29, 0.717) is 49.0 Å². The van der Waals surface area contributed by atoms with E-state index in [0.717, 1.165) is 91.5 Å². The van der Waals surface area contributed by atoms with E-state index < -0.39 is 12.1 Å². The van der Waals surface area contributed by atoms with Crippen molar-refractivity contribution in [2.45, 2.75) is 31.9 Å². The zero-order valence-electron chi connectivity index (χ0n) is 48.1. The quantitative estimate of drug-likeness (QED) is 0.0733. The minimum Gasteiger partial charge on any atom is -0.483 e. The molecule has 0 saturated carbocycles. The Morgan fingerprint density at radius 2 is 0.802 bits per heavy atom. The molecule has 0 amide bonds. The fourth-order valence-electron chi connectivity index (χ4n) is 9.03. The maximum absolute atomic E-state index is 10.6. The third-order valence-corrected chi connectivity index (χ3v) is 15.0. The highest BCUT2D eigenvalue weighted by Gasteiger charge is 2.38. The molecule has 13 aromatic rings. The molecule has 0 fully saturated rings. The first-order chi connectivity index (χ1) is 43.8. The molecule has 0 bridgehead atoms. The number of nitrogen functional groups attached to an aromatic ring is 4. The first-order valence-corrected chi connectivity index (χ1v) is 30.0. The van der Waals surface area contributed by atoms with Crippen molar-refractivity contribution in [1.82, 2.24) is 39.9 Å². The van der Waals surface area contributed by atoms with Crippen molar-refractivity contribution in [3.05, 3.63) is 283 Å². The van der Waals surface area contributed by atoms with Crippen LogP contribution in [-0.4, -0.2) is 68.7 Å². The zero-order valence-corrected chi connectivity index (χ0v) is 52.9. The van der Waals surface area contributed by atoms with E-state index in [4.69, 9.17) is 42.7 Å². The van der Waals surface area contributed by atoms with Crippen LogP contribution in [0.3, 0.4) is 0 Å². The molecule has 0 spiro atoms. The molecule has 0 atom stereocenters. The van der Waals surface area contributed by atoms with E-state index in [1.165, 1.54) is 22.3 Å². The molecule has 0 aliphatic heterocycles. The van der Waals surface area contributed by atoms with Crippen LogP contribution in [0.2, 0.25) is 0 Å². The number of benzene rings is 9. The molecular weight excluding hydrogens is 1360 g/mol. The first-order valence-electron chi connectivity index (χ1n) is 27.6. The molecule has 22 heteroatoms. The van der Waals surface area contributed by atoms with Crippen LogP contribution in [0.25, 0.3) is 54.7 Å². The van der Waals surface area contributed by atoms with Crippen molar-refractivity contribution in [1.29, 1.82) is 0 Å². The number of carboxylic acids is 1. The van der Waals surface area contributed by atoms with Gasteiger partial charge in [-0.05, 0) is 120 Å². The molecule has 9 aromatic carbocycles. The Balaban J connectivity index is 0.000000149. The Labute approximate surface area is 545 Å². The van der Waals surface area contributed by atoms with E-state index in [2.05, 4.69) is 160 Å². The summed E-state index contributed by atoms with van der Waals surface area (Å²) in [7, 11) is 0. The van der Waals surface area contributed by atoms with Crippen molar-refractivity contribution >= 4 is 127 Å². The monoisotopic (exact) mass is 1410 g/mol. The average molecular weight is 1410 g/mol. The minimum atomic E-state index is -5.08. The SMILES string of the molecule is Nc1nc(Cc2ccccc2)nc2c(Br)cccc12.Nc1nc(Cc2ccccc2)nc2cc(Br)ccc12.Nc1nc(Cc2ccccc2)nc2ccc(-c3ccccc3)cc12.Nc1nc(Cc2ccccc2)nc2cccc(Br)c12.O=C(O)C(F)(F)F.O=CO. The molecular formula is C69H56Br3F3N12O4. The molecule has 0 saturated heterocycles. The largest absolute Gasteiger partial charge is 0.490 e. The number of carbonyl (C=O) groups is 2. The van der Waals surface area contributed by atoms with Gasteiger partial charge in [0.05, 0.1) is 27.5 Å². The summed E-state index contributed by atoms with van der Waals surface area (Å²) in [5.74, 6) is 2.32. The van der Waals surface area contributed by atoms with E-state index in [-0.39, 0.29) is 6.47 Å². The molecule has 91 heavy (non-hydrogen) atoms. The van der Waals surface area contributed by atoms with Gasteiger partial charge in [-0.15, -0.1) is 0 Å². The Morgan fingerprint density at radius 1 is 0.407 bits per heavy atom. The van der Waals surface area contributed by atoms with Gasteiger partial charge in [-0.1, -0.05) is 186 Å². The normalized spacial score (nSPS) is 10.6. The predicted octanol–water partition coefficient (Wildman–Crippen LogP) is 15.5. The van der Waals surface area contributed by atoms with Crippen LogP contribution in [-0.2, 0) is 35.3 Å². The number of aromatic nitrogens is 8. The van der Waals surface area contributed by atoms with Gasteiger partial charge in [0.1, 0.15) is 46.6 Å². The van der Waals surface area contributed by atoms with E-state index in [9.17, 15) is 13.2 Å². The maximum atomic E-state index is 10.6. The van der Waals surface area contributed by atoms with Gasteiger partial charge in [-0.25, -0.2) is 44.7 Å². The third kappa shape index (κ3) is 19.4. The lowest BCUT2D eigenvalue weighted by atomic mass is 10.0. The summed E-state index contributed by atoms with van der Waals surface area (Å²) in [6, 6.07) is 74.5. The lowest BCUT2D eigenvalue weighted by Crippen LogP contribution is -2.21. The van der Waals surface area contributed by atoms with Crippen molar-refractivity contribution in [2.24, 2.45) is 0 Å². The van der Waals surface area contributed by atoms with Crippen LogP contribution in [0.4, 0.5) is 36.4 Å². The number of hydrogen-bond acceptors (Lipinski definition) is 14. The van der Waals surface area contributed by atoms with Crippen LogP contribution in [0.5, 0.6) is 0 Å². The summed E-state index contributed by atoms with van der Waals surface area (Å²) in [5.41, 5.74) is 34.7. The number of halogens is 6. The van der Waals surface area contributed by atoms with Gasteiger partial charge in [0.25, 0.3) is 6.47 Å². The van der Waals surface area contributed by atoms with E-state index in [1.807, 2.05) is 152 Å². The van der Waals surface area contributed by atoms with E-state index >= 15 is 0 Å². The van der Waals surface area contributed by atoms with Gasteiger partial charge >= 0.3 is 12.1 Å². The standard InChI is InChI=1S/C21H17N3.3C15H12BrN3.C2HF3O2.CH2O2/c22-21-18-14-17(16-9-5-2-6-10-16)11-12-19(18)23-20(24-21)13-15-7-3-1-4-8-15;16-11-7-4-8-12-14(11)15(17)19-13(18-12)9-10-5-2-1-3-6-10;16-12-8-4-7-11-14(12)18-13(19-15(11)17)9-10-5-2-1-3-6-10;16-11-6-7-12-13(9-11)18-14(19-15(12)17)8-10-4-2-1-3-5-10;3-2(4,5)1(6)7;2-1-3/h1-12,14H,13H2,(H2,22,23,24);2*1-8H,9H2,(H2,17,18,19);1-7,9H,8H2,(H2,17,18,19);(H,6,7);1H,(H,2,3). The Kier molecular flexibility index (Phi) is 23.6. The molecule has 0 unspecified atom stereocenters. The average Bonchev–Trinajstić information content (AvgIpc) is 1.39.